The van der Waals surface area contributed by atoms with Gasteiger partial charge in [0.05, 0.1) is 6.10 Å². The highest BCUT2D eigenvalue weighted by Gasteiger charge is 1.96. The van der Waals surface area contributed by atoms with E-state index in [4.69, 9.17) is 5.11 Å². The third-order valence-electron chi connectivity index (χ3n) is 4.90. The number of rotatable bonds is 20. The van der Waals surface area contributed by atoms with Crippen LogP contribution in [0.25, 0.3) is 0 Å². The van der Waals surface area contributed by atoms with Gasteiger partial charge in [-0.2, -0.15) is 0 Å². The van der Waals surface area contributed by atoms with Crippen molar-refractivity contribution < 1.29 is 5.11 Å². The third kappa shape index (κ3) is 21.9. The van der Waals surface area contributed by atoms with E-state index in [2.05, 4.69) is 12.2 Å². The highest BCUT2D eigenvalue weighted by atomic mass is 16.3. The first kappa shape index (κ1) is 23.9. The fourth-order valence-corrected chi connectivity index (χ4v) is 3.29. The van der Waals surface area contributed by atoms with Crippen LogP contribution >= 0.6 is 0 Å². The minimum Gasteiger partial charge on any atom is -0.392 e. The Morgan fingerprint density at radius 3 is 1.25 bits per heavy atom. The maximum absolute atomic E-state index is 9.13. The maximum Gasteiger partial charge on any atom is 0.0636 e. The Hall–Kier alpha value is -0.0800. The predicted octanol–water partition coefficient (Wildman–Crippen LogP) is 6.61. The van der Waals surface area contributed by atoms with Crippen molar-refractivity contribution in [2.75, 3.05) is 13.1 Å². The quantitative estimate of drug-likeness (QED) is 0.244. The molecule has 0 fully saturated rings. The van der Waals surface area contributed by atoms with Gasteiger partial charge >= 0.3 is 0 Å². The van der Waals surface area contributed by atoms with Gasteiger partial charge in [-0.05, 0) is 19.9 Å². The van der Waals surface area contributed by atoms with Crippen LogP contribution in [-0.4, -0.2) is 24.3 Å². The molecule has 0 rings (SSSR count). The predicted molar refractivity (Wildman–Crippen MR) is 109 cm³/mol. The summed E-state index contributed by atoms with van der Waals surface area (Å²) < 4.78 is 0. The number of aliphatic hydroxyl groups excluding tert-OH is 1. The SMILES string of the molecule is CCCCCCCCCCCCCCCCCCCNCC(C)O. The zero-order chi connectivity index (χ0) is 17.7. The fraction of sp³-hybridized carbons (Fsp3) is 1.00. The minimum atomic E-state index is -0.212. The molecule has 24 heavy (non-hydrogen) atoms. The van der Waals surface area contributed by atoms with Crippen molar-refractivity contribution in [2.45, 2.75) is 129 Å². The Bertz CT molecular complexity index is 218. The summed E-state index contributed by atoms with van der Waals surface area (Å²) >= 11 is 0. The molecule has 0 bridgehead atoms. The van der Waals surface area contributed by atoms with Crippen LogP contribution in [0.5, 0.6) is 0 Å². The Morgan fingerprint density at radius 1 is 0.583 bits per heavy atom. The first-order valence-corrected chi connectivity index (χ1v) is 11.2. The summed E-state index contributed by atoms with van der Waals surface area (Å²) in [7, 11) is 0. The standard InChI is InChI=1S/C22H47NO/c1-3-4-5-6-7-8-9-10-11-12-13-14-15-16-17-18-19-20-23-21-22(2)24/h22-24H,3-21H2,1-2H3. The van der Waals surface area contributed by atoms with Crippen LogP contribution in [0.4, 0.5) is 0 Å². The van der Waals surface area contributed by atoms with Crippen molar-refractivity contribution in [2.24, 2.45) is 0 Å². The van der Waals surface area contributed by atoms with E-state index in [9.17, 15) is 0 Å². The van der Waals surface area contributed by atoms with E-state index < -0.39 is 0 Å². The smallest absolute Gasteiger partial charge is 0.0636 e. The lowest BCUT2D eigenvalue weighted by molar-refractivity contribution is 0.191. The molecule has 1 atom stereocenters. The van der Waals surface area contributed by atoms with E-state index in [1.807, 2.05) is 6.92 Å². The molecule has 0 spiro atoms. The van der Waals surface area contributed by atoms with Gasteiger partial charge < -0.3 is 10.4 Å². The van der Waals surface area contributed by atoms with Gasteiger partial charge in [0.15, 0.2) is 0 Å². The van der Waals surface area contributed by atoms with Crippen LogP contribution < -0.4 is 5.32 Å². The first-order chi connectivity index (χ1) is 11.8. The molecule has 0 aliphatic heterocycles. The zero-order valence-electron chi connectivity index (χ0n) is 17.0. The molecule has 146 valence electrons. The first-order valence-electron chi connectivity index (χ1n) is 11.2. The highest BCUT2D eigenvalue weighted by Crippen LogP contribution is 2.13. The van der Waals surface area contributed by atoms with Crippen molar-refractivity contribution in [3.05, 3.63) is 0 Å². The van der Waals surface area contributed by atoms with Crippen molar-refractivity contribution >= 4 is 0 Å². The summed E-state index contributed by atoms with van der Waals surface area (Å²) in [6.07, 6.45) is 24.0. The third-order valence-corrected chi connectivity index (χ3v) is 4.90. The van der Waals surface area contributed by atoms with Gasteiger partial charge in [-0.25, -0.2) is 0 Å². The molecular weight excluding hydrogens is 294 g/mol. The van der Waals surface area contributed by atoms with Crippen molar-refractivity contribution in [3.63, 3.8) is 0 Å². The average molecular weight is 342 g/mol. The fourth-order valence-electron chi connectivity index (χ4n) is 3.29. The number of hydrogen-bond donors (Lipinski definition) is 2. The summed E-state index contributed by atoms with van der Waals surface area (Å²) in [6, 6.07) is 0. The lowest BCUT2D eigenvalue weighted by Gasteiger charge is -2.06. The van der Waals surface area contributed by atoms with Gasteiger partial charge in [-0.1, -0.05) is 110 Å². The Kier molecular flexibility index (Phi) is 20.9. The Morgan fingerprint density at radius 2 is 0.917 bits per heavy atom. The lowest BCUT2D eigenvalue weighted by Crippen LogP contribution is -2.25. The Labute approximate surface area is 153 Å². The molecule has 0 aliphatic carbocycles. The molecule has 2 nitrogen and oxygen atoms in total. The van der Waals surface area contributed by atoms with E-state index in [1.165, 1.54) is 109 Å². The van der Waals surface area contributed by atoms with Crippen LogP contribution in [-0.2, 0) is 0 Å². The topological polar surface area (TPSA) is 32.3 Å². The van der Waals surface area contributed by atoms with E-state index in [-0.39, 0.29) is 6.10 Å². The van der Waals surface area contributed by atoms with E-state index in [1.54, 1.807) is 0 Å². The van der Waals surface area contributed by atoms with Crippen LogP contribution in [0.15, 0.2) is 0 Å². The highest BCUT2D eigenvalue weighted by molar-refractivity contribution is 4.54. The zero-order valence-corrected chi connectivity index (χ0v) is 17.0. The van der Waals surface area contributed by atoms with E-state index in [0.717, 1.165) is 13.1 Å². The summed E-state index contributed by atoms with van der Waals surface area (Å²) in [6.45, 7) is 5.92. The van der Waals surface area contributed by atoms with Gasteiger partial charge in [0.1, 0.15) is 0 Å². The second-order valence-electron chi connectivity index (χ2n) is 7.71. The number of aliphatic hydroxyl groups is 1. The number of nitrogens with one attached hydrogen (secondary N) is 1. The average Bonchev–Trinajstić information content (AvgIpc) is 2.56. The summed E-state index contributed by atoms with van der Waals surface area (Å²) in [5.74, 6) is 0. The van der Waals surface area contributed by atoms with Crippen LogP contribution in [0.2, 0.25) is 0 Å². The molecule has 0 aromatic heterocycles. The summed E-state index contributed by atoms with van der Waals surface area (Å²) in [5, 5.41) is 12.4. The molecule has 0 heterocycles. The van der Waals surface area contributed by atoms with Gasteiger partial charge in [0.25, 0.3) is 0 Å². The molecule has 2 heteroatoms. The van der Waals surface area contributed by atoms with Crippen LogP contribution in [0.3, 0.4) is 0 Å². The second-order valence-corrected chi connectivity index (χ2v) is 7.71. The minimum absolute atomic E-state index is 0.212. The second kappa shape index (κ2) is 21.0. The largest absolute Gasteiger partial charge is 0.392 e. The normalized spacial score (nSPS) is 12.6. The van der Waals surface area contributed by atoms with Crippen molar-refractivity contribution in [1.29, 1.82) is 0 Å². The number of unbranched alkanes of at least 4 members (excludes halogenated alkanes) is 16. The molecule has 2 N–H and O–H groups in total. The van der Waals surface area contributed by atoms with Crippen LogP contribution in [0.1, 0.15) is 123 Å². The molecule has 0 amide bonds. The monoisotopic (exact) mass is 341 g/mol. The van der Waals surface area contributed by atoms with Gasteiger partial charge in [-0.3, -0.25) is 0 Å². The molecule has 1 unspecified atom stereocenters. The lowest BCUT2D eigenvalue weighted by atomic mass is 10.0. The number of hydrogen-bond acceptors (Lipinski definition) is 2. The van der Waals surface area contributed by atoms with Gasteiger partial charge in [0.2, 0.25) is 0 Å². The Balaban J connectivity index is 2.95. The summed E-state index contributed by atoms with van der Waals surface area (Å²) in [5.41, 5.74) is 0. The molecule has 0 saturated heterocycles. The molecule has 0 aliphatic rings. The molecule has 0 saturated carbocycles. The molecule has 0 radical (unpaired) electrons. The van der Waals surface area contributed by atoms with E-state index in [0.29, 0.717) is 0 Å². The van der Waals surface area contributed by atoms with Crippen molar-refractivity contribution in [3.8, 4) is 0 Å². The molecule has 0 aromatic rings. The van der Waals surface area contributed by atoms with E-state index >= 15 is 0 Å². The maximum atomic E-state index is 9.13. The van der Waals surface area contributed by atoms with Gasteiger partial charge in [-0.15, -0.1) is 0 Å². The molecular formula is C22H47NO. The summed E-state index contributed by atoms with van der Waals surface area (Å²) in [4.78, 5) is 0. The molecule has 0 aromatic carbocycles. The van der Waals surface area contributed by atoms with Gasteiger partial charge in [0, 0.05) is 6.54 Å². The van der Waals surface area contributed by atoms with Crippen molar-refractivity contribution in [1.82, 2.24) is 5.32 Å². The van der Waals surface area contributed by atoms with Crippen LogP contribution in [0, 0.1) is 0 Å².